The minimum atomic E-state index is -4.49. The molecule has 2 aliphatic rings. The third-order valence-electron chi connectivity index (χ3n) is 7.28. The highest BCUT2D eigenvalue weighted by molar-refractivity contribution is 6.35. The standard InChI is InChI=1S/C30H33Cl2F3N4O3/c1-19(2)15-25(36)23-17-21(30(33,34)35)6-8-26(23)37-10-12-38(13-11-37)28(40)27(39-9-3-4-14-42-29(39)41)16-20-5-7-22(31)18-24(20)32/h3-9,14,17-19,25,27H,10-13,15-16,36H2,1-2H3. The number of allylic oxidation sites excluding steroid dienone is 2. The monoisotopic (exact) mass is 624 g/mol. The molecule has 0 saturated carbocycles. The van der Waals surface area contributed by atoms with Gasteiger partial charge >= 0.3 is 12.3 Å². The number of hydrogen-bond donors (Lipinski definition) is 1. The third-order valence-corrected chi connectivity index (χ3v) is 7.86. The summed E-state index contributed by atoms with van der Waals surface area (Å²) in [6, 6.07) is 7.07. The number of ether oxygens (including phenoxy) is 1. The quantitative estimate of drug-likeness (QED) is 0.349. The fourth-order valence-electron chi connectivity index (χ4n) is 5.17. The zero-order chi connectivity index (χ0) is 30.6. The van der Waals surface area contributed by atoms with E-state index in [0.717, 1.165) is 12.1 Å². The number of rotatable bonds is 8. The molecule has 226 valence electrons. The molecule has 1 fully saturated rings. The van der Waals surface area contributed by atoms with E-state index in [4.69, 9.17) is 33.7 Å². The molecule has 2 aromatic rings. The van der Waals surface area contributed by atoms with Gasteiger partial charge in [-0.2, -0.15) is 13.2 Å². The summed E-state index contributed by atoms with van der Waals surface area (Å²) >= 11 is 12.5. The van der Waals surface area contributed by atoms with Crippen LogP contribution in [0.2, 0.25) is 10.0 Å². The number of nitrogens with two attached hydrogens (primary N) is 1. The minimum absolute atomic E-state index is 0.113. The maximum atomic E-state index is 13.9. The van der Waals surface area contributed by atoms with E-state index in [2.05, 4.69) is 0 Å². The number of piperazine rings is 1. The van der Waals surface area contributed by atoms with Crippen molar-refractivity contribution in [1.29, 1.82) is 0 Å². The van der Waals surface area contributed by atoms with Crippen molar-refractivity contribution in [1.82, 2.24) is 9.80 Å². The van der Waals surface area contributed by atoms with Crippen LogP contribution in [0.25, 0.3) is 0 Å². The minimum Gasteiger partial charge on any atom is -0.418 e. The zero-order valence-electron chi connectivity index (χ0n) is 23.3. The Morgan fingerprint density at radius 1 is 1.05 bits per heavy atom. The maximum absolute atomic E-state index is 13.9. The molecule has 1 saturated heterocycles. The van der Waals surface area contributed by atoms with Gasteiger partial charge in [0.25, 0.3) is 0 Å². The first-order valence-electron chi connectivity index (χ1n) is 13.6. The second-order valence-corrected chi connectivity index (χ2v) is 11.6. The van der Waals surface area contributed by atoms with Crippen LogP contribution in [0.5, 0.6) is 0 Å². The fourth-order valence-corrected chi connectivity index (χ4v) is 5.65. The first-order valence-corrected chi connectivity index (χ1v) is 14.4. The number of nitrogens with zero attached hydrogens (tertiary/aromatic N) is 3. The van der Waals surface area contributed by atoms with E-state index in [9.17, 15) is 22.8 Å². The summed E-state index contributed by atoms with van der Waals surface area (Å²) < 4.78 is 45.7. The van der Waals surface area contributed by atoms with Gasteiger partial charge in [-0.05, 0) is 65.9 Å². The predicted octanol–water partition coefficient (Wildman–Crippen LogP) is 6.80. The van der Waals surface area contributed by atoms with Gasteiger partial charge in [-0.15, -0.1) is 0 Å². The van der Waals surface area contributed by atoms with E-state index >= 15 is 0 Å². The van der Waals surface area contributed by atoms with Crippen molar-refractivity contribution in [3.05, 3.63) is 87.7 Å². The molecular formula is C30H33Cl2F3N4O3. The van der Waals surface area contributed by atoms with E-state index in [1.807, 2.05) is 18.7 Å². The van der Waals surface area contributed by atoms with Gasteiger partial charge in [0.05, 0.1) is 11.8 Å². The molecule has 4 rings (SSSR count). The van der Waals surface area contributed by atoms with Gasteiger partial charge in [0.2, 0.25) is 5.91 Å². The molecule has 2 unspecified atom stereocenters. The van der Waals surface area contributed by atoms with Crippen LogP contribution >= 0.6 is 23.2 Å². The van der Waals surface area contributed by atoms with Crippen LogP contribution < -0.4 is 10.6 Å². The van der Waals surface area contributed by atoms with E-state index in [0.29, 0.717) is 46.4 Å². The normalized spacial score (nSPS) is 17.4. The molecule has 0 spiro atoms. The van der Waals surface area contributed by atoms with Gasteiger partial charge in [-0.3, -0.25) is 9.69 Å². The zero-order valence-corrected chi connectivity index (χ0v) is 24.8. The number of anilines is 1. The van der Waals surface area contributed by atoms with Crippen molar-refractivity contribution in [2.24, 2.45) is 11.7 Å². The first-order chi connectivity index (χ1) is 19.8. The van der Waals surface area contributed by atoms with Gasteiger partial charge in [0, 0.05) is 60.6 Å². The molecule has 2 amide bonds. The average molecular weight is 626 g/mol. The molecule has 42 heavy (non-hydrogen) atoms. The SMILES string of the molecule is CC(C)CC(N)c1cc(C(F)(F)F)ccc1N1CCN(C(=O)C(Cc2ccc(Cl)cc2Cl)N2C=CC=COC2=O)CC1. The Bertz CT molecular complexity index is 1360. The number of carbonyl (C=O) groups is 2. The van der Waals surface area contributed by atoms with E-state index in [1.165, 1.54) is 23.4 Å². The Hall–Kier alpha value is -3.21. The summed E-state index contributed by atoms with van der Waals surface area (Å²) in [7, 11) is 0. The van der Waals surface area contributed by atoms with Crippen LogP contribution in [0.3, 0.4) is 0 Å². The van der Waals surface area contributed by atoms with Gasteiger partial charge < -0.3 is 20.3 Å². The molecule has 0 bridgehead atoms. The molecule has 2 atom stereocenters. The number of alkyl halides is 3. The van der Waals surface area contributed by atoms with E-state index in [1.54, 1.807) is 35.3 Å². The molecule has 2 heterocycles. The Morgan fingerprint density at radius 2 is 1.76 bits per heavy atom. The van der Waals surface area contributed by atoms with Crippen LogP contribution in [0.15, 0.2) is 61.0 Å². The van der Waals surface area contributed by atoms with Crippen molar-refractivity contribution in [3.63, 3.8) is 0 Å². The van der Waals surface area contributed by atoms with Gasteiger partial charge in [-0.1, -0.05) is 43.1 Å². The fraction of sp³-hybridized carbons (Fsp3) is 0.400. The predicted molar refractivity (Wildman–Crippen MR) is 157 cm³/mol. The number of halogens is 5. The third kappa shape index (κ3) is 7.59. The lowest BCUT2D eigenvalue weighted by Gasteiger charge is -2.40. The van der Waals surface area contributed by atoms with Gasteiger partial charge in [0.15, 0.2) is 0 Å². The average Bonchev–Trinajstić information content (AvgIpc) is 3.15. The summed E-state index contributed by atoms with van der Waals surface area (Å²) in [4.78, 5) is 31.5. The molecule has 0 radical (unpaired) electrons. The van der Waals surface area contributed by atoms with Crippen molar-refractivity contribution in [2.75, 3.05) is 31.1 Å². The summed E-state index contributed by atoms with van der Waals surface area (Å²) in [5.74, 6) is -0.119. The Balaban J connectivity index is 1.56. The van der Waals surface area contributed by atoms with Crippen molar-refractivity contribution >= 4 is 40.9 Å². The van der Waals surface area contributed by atoms with Crippen molar-refractivity contribution in [3.8, 4) is 0 Å². The van der Waals surface area contributed by atoms with Crippen LogP contribution in [0, 0.1) is 5.92 Å². The second-order valence-electron chi connectivity index (χ2n) is 10.7. The van der Waals surface area contributed by atoms with Crippen LogP contribution in [0.4, 0.5) is 23.7 Å². The number of benzene rings is 2. The van der Waals surface area contributed by atoms with E-state index < -0.39 is 29.9 Å². The maximum Gasteiger partial charge on any atom is 0.419 e. The summed E-state index contributed by atoms with van der Waals surface area (Å²) in [5.41, 5.74) is 7.33. The van der Waals surface area contributed by atoms with Crippen molar-refractivity contribution in [2.45, 2.75) is 44.9 Å². The Morgan fingerprint density at radius 3 is 2.40 bits per heavy atom. The van der Waals surface area contributed by atoms with Gasteiger partial charge in [0.1, 0.15) is 6.04 Å². The smallest absolute Gasteiger partial charge is 0.418 e. The largest absolute Gasteiger partial charge is 0.419 e. The lowest BCUT2D eigenvalue weighted by molar-refractivity contribution is -0.138. The number of cyclic esters (lactones) is 1. The van der Waals surface area contributed by atoms with Crippen molar-refractivity contribution < 1.29 is 27.5 Å². The lowest BCUT2D eigenvalue weighted by atomic mass is 9.94. The van der Waals surface area contributed by atoms with Gasteiger partial charge in [-0.25, -0.2) is 4.79 Å². The van der Waals surface area contributed by atoms with Crippen LogP contribution in [-0.4, -0.2) is 54.0 Å². The molecular weight excluding hydrogens is 592 g/mol. The Labute approximate surface area is 253 Å². The highest BCUT2D eigenvalue weighted by Crippen LogP contribution is 2.37. The molecule has 0 aromatic heterocycles. The molecule has 12 heteroatoms. The lowest BCUT2D eigenvalue weighted by Crippen LogP contribution is -2.55. The summed E-state index contributed by atoms with van der Waals surface area (Å²) in [6.07, 6.45) is 1.29. The highest BCUT2D eigenvalue weighted by Gasteiger charge is 2.36. The molecule has 2 aliphatic heterocycles. The van der Waals surface area contributed by atoms with Crippen LogP contribution in [-0.2, 0) is 22.1 Å². The summed E-state index contributed by atoms with van der Waals surface area (Å²) in [6.45, 7) is 5.25. The number of carbonyl (C=O) groups excluding carboxylic acids is 2. The molecule has 2 N–H and O–H groups in total. The topological polar surface area (TPSA) is 79.1 Å². The molecule has 2 aromatic carbocycles. The van der Waals surface area contributed by atoms with E-state index in [-0.39, 0.29) is 31.3 Å². The Kier molecular flexibility index (Phi) is 10.1. The second kappa shape index (κ2) is 13.4. The summed E-state index contributed by atoms with van der Waals surface area (Å²) in [5, 5.41) is 0.805. The molecule has 0 aliphatic carbocycles. The first kappa shape index (κ1) is 31.7. The number of amides is 2. The van der Waals surface area contributed by atoms with Crippen LogP contribution in [0.1, 0.15) is 43.0 Å². The molecule has 7 nitrogen and oxygen atoms in total. The number of hydrogen-bond acceptors (Lipinski definition) is 5. The highest BCUT2D eigenvalue weighted by atomic mass is 35.5.